The molecule has 0 aliphatic carbocycles. The first-order valence-electron chi connectivity index (χ1n) is 19.4. The normalized spacial score (nSPS) is 28.6. The summed E-state index contributed by atoms with van der Waals surface area (Å²) in [5.41, 5.74) is -7.37. The van der Waals surface area contributed by atoms with E-state index in [1.54, 1.807) is 0 Å². The van der Waals surface area contributed by atoms with Crippen LogP contribution >= 0.6 is 0 Å². The van der Waals surface area contributed by atoms with Gasteiger partial charge in [0.25, 0.3) is 0 Å². The first kappa shape index (κ1) is 47.4. The van der Waals surface area contributed by atoms with Crippen molar-refractivity contribution in [2.45, 2.75) is 138 Å². The highest BCUT2D eigenvalue weighted by Gasteiger charge is 2.46. The summed E-state index contributed by atoms with van der Waals surface area (Å²) in [4.78, 5) is 23.0. The van der Waals surface area contributed by atoms with Crippen LogP contribution in [-0.2, 0) is 43.8 Å². The lowest BCUT2D eigenvalue weighted by Gasteiger charge is -2.44. The molecule has 2 aromatic rings. The summed E-state index contributed by atoms with van der Waals surface area (Å²) in [5.74, 6) is 0.0191. The maximum Gasteiger partial charge on any atom is 0.416 e. The Labute approximate surface area is 338 Å². The van der Waals surface area contributed by atoms with Crippen molar-refractivity contribution in [3.8, 4) is 0 Å². The monoisotopic (exact) mass is 876 g/mol. The standard InChI is InChI=1S/2C20H24F6N2O2/c2*1-12(13-7-14(19(21,22)23)9-15(8-13)20(24,25)26)30-11-17(2)5-6-18(10-27-17)4-3-16(29)28-18/h2*7-9,12,27H,3-6,10-11H2,1-2H3,(H,28,29)/t12-,17-,18+;12-,17-,18-/m11/s1. The third kappa shape index (κ3) is 11.8. The summed E-state index contributed by atoms with van der Waals surface area (Å²) in [6.07, 6.45) is -16.3. The fourth-order valence-corrected chi connectivity index (χ4v) is 7.82. The van der Waals surface area contributed by atoms with E-state index < -0.39 is 70.2 Å². The van der Waals surface area contributed by atoms with Gasteiger partial charge < -0.3 is 30.7 Å². The molecule has 0 unspecified atom stereocenters. The Kier molecular flexibility index (Phi) is 13.4. The maximum atomic E-state index is 13.1. The van der Waals surface area contributed by atoms with E-state index in [0.29, 0.717) is 63.0 Å². The highest BCUT2D eigenvalue weighted by atomic mass is 19.4. The zero-order valence-corrected chi connectivity index (χ0v) is 33.3. The van der Waals surface area contributed by atoms with Crippen molar-refractivity contribution in [1.82, 2.24) is 21.3 Å². The number of ether oxygens (including phenoxy) is 2. The molecule has 0 bridgehead atoms. The summed E-state index contributed by atoms with van der Waals surface area (Å²) in [5, 5.41) is 12.6. The smallest absolute Gasteiger partial charge is 0.372 e. The van der Waals surface area contributed by atoms with Gasteiger partial charge in [-0.05, 0) is 114 Å². The van der Waals surface area contributed by atoms with Gasteiger partial charge in [0.2, 0.25) is 11.8 Å². The molecule has 4 aliphatic rings. The van der Waals surface area contributed by atoms with Crippen molar-refractivity contribution in [2.75, 3.05) is 26.3 Å². The van der Waals surface area contributed by atoms with Crippen molar-refractivity contribution in [3.05, 3.63) is 69.8 Å². The van der Waals surface area contributed by atoms with Gasteiger partial charge in [-0.15, -0.1) is 0 Å². The SMILES string of the molecule is C[C@@H](OC[C@@]1(C)CC[C@@]2(CCC(=O)N2)CN1)c1cc(C(F)(F)F)cc(C(F)(F)F)c1.C[C@@H](OC[C@@]1(C)CC[C@]2(CCC(=O)N2)CN1)c1cc(C(F)(F)F)cc(C(F)(F)F)c1. The summed E-state index contributed by atoms with van der Waals surface area (Å²) in [7, 11) is 0. The number of amides is 2. The Bertz CT molecular complexity index is 1660. The minimum Gasteiger partial charge on any atom is -0.372 e. The van der Waals surface area contributed by atoms with Crippen molar-refractivity contribution in [3.63, 3.8) is 0 Å². The number of piperidine rings is 2. The van der Waals surface area contributed by atoms with E-state index in [2.05, 4.69) is 21.3 Å². The second kappa shape index (κ2) is 16.9. The van der Waals surface area contributed by atoms with E-state index in [9.17, 15) is 62.3 Å². The molecule has 4 aliphatic heterocycles. The number of halogens is 12. The largest absolute Gasteiger partial charge is 0.416 e. The zero-order valence-electron chi connectivity index (χ0n) is 33.3. The molecule has 336 valence electrons. The van der Waals surface area contributed by atoms with Gasteiger partial charge in [-0.2, -0.15) is 52.7 Å². The highest BCUT2D eigenvalue weighted by Crippen LogP contribution is 2.41. The summed E-state index contributed by atoms with van der Waals surface area (Å²) < 4.78 is 168. The molecular weight excluding hydrogens is 828 g/mol. The minimum atomic E-state index is -4.90. The average molecular weight is 877 g/mol. The van der Waals surface area contributed by atoms with Crippen LogP contribution in [0, 0.1) is 0 Å². The van der Waals surface area contributed by atoms with Crippen molar-refractivity contribution in [2.24, 2.45) is 0 Å². The van der Waals surface area contributed by atoms with E-state index in [1.807, 2.05) is 13.8 Å². The molecular formula is C40H48F12N4O4. The van der Waals surface area contributed by atoms with E-state index in [-0.39, 0.29) is 59.4 Å². The van der Waals surface area contributed by atoms with E-state index in [1.165, 1.54) is 13.8 Å². The molecule has 0 radical (unpaired) electrons. The molecule has 2 amide bonds. The molecule has 6 atom stereocenters. The number of carbonyl (C=O) groups excluding carboxylic acids is 2. The Balaban J connectivity index is 0.000000228. The van der Waals surface area contributed by atoms with Gasteiger partial charge in [0.1, 0.15) is 0 Å². The Morgan fingerprint density at radius 1 is 0.517 bits per heavy atom. The molecule has 0 aromatic heterocycles. The quantitative estimate of drug-likeness (QED) is 0.198. The predicted molar refractivity (Wildman–Crippen MR) is 193 cm³/mol. The summed E-state index contributed by atoms with van der Waals surface area (Å²) in [6, 6.07) is 2.99. The molecule has 4 saturated heterocycles. The number of hydrogen-bond acceptors (Lipinski definition) is 6. The van der Waals surface area contributed by atoms with Gasteiger partial charge in [-0.1, -0.05) is 0 Å². The van der Waals surface area contributed by atoms with Crippen molar-refractivity contribution >= 4 is 11.8 Å². The van der Waals surface area contributed by atoms with E-state index in [0.717, 1.165) is 25.7 Å². The number of nitrogens with one attached hydrogen (secondary N) is 4. The van der Waals surface area contributed by atoms with Crippen LogP contribution in [0.3, 0.4) is 0 Å². The van der Waals surface area contributed by atoms with Gasteiger partial charge in [0.05, 0.1) is 58.8 Å². The second-order valence-electron chi connectivity index (χ2n) is 17.1. The van der Waals surface area contributed by atoms with Crippen molar-refractivity contribution < 1.29 is 71.7 Å². The first-order chi connectivity index (χ1) is 27.4. The molecule has 20 heteroatoms. The number of benzene rings is 2. The average Bonchev–Trinajstić information content (AvgIpc) is 3.72. The predicted octanol–water partition coefficient (Wildman–Crippen LogP) is 9.19. The first-order valence-corrected chi connectivity index (χ1v) is 19.4. The number of hydrogen-bond donors (Lipinski definition) is 4. The molecule has 60 heavy (non-hydrogen) atoms. The van der Waals surface area contributed by atoms with Crippen LogP contribution in [0.25, 0.3) is 0 Å². The molecule has 0 saturated carbocycles. The van der Waals surface area contributed by atoms with Gasteiger partial charge in [-0.25, -0.2) is 0 Å². The molecule has 6 rings (SSSR count). The van der Waals surface area contributed by atoms with Crippen LogP contribution in [-0.4, -0.2) is 60.3 Å². The van der Waals surface area contributed by atoms with Crippen molar-refractivity contribution in [1.29, 1.82) is 0 Å². The van der Waals surface area contributed by atoms with Crippen LogP contribution in [0.1, 0.15) is 125 Å². The van der Waals surface area contributed by atoms with Crippen LogP contribution in [0.4, 0.5) is 52.7 Å². The number of alkyl halides is 12. The topological polar surface area (TPSA) is 101 Å². The fraction of sp³-hybridized carbons (Fsp3) is 0.650. The summed E-state index contributed by atoms with van der Waals surface area (Å²) in [6.45, 7) is 7.92. The highest BCUT2D eigenvalue weighted by molar-refractivity contribution is 5.80. The van der Waals surface area contributed by atoms with Gasteiger partial charge >= 0.3 is 24.7 Å². The maximum absolute atomic E-state index is 13.1. The van der Waals surface area contributed by atoms with Crippen LogP contribution in [0.15, 0.2) is 36.4 Å². The number of carbonyl (C=O) groups is 2. The lowest BCUT2D eigenvalue weighted by atomic mass is 9.80. The lowest BCUT2D eigenvalue weighted by Crippen LogP contribution is -2.62. The fourth-order valence-electron chi connectivity index (χ4n) is 7.82. The van der Waals surface area contributed by atoms with Gasteiger partial charge in [0.15, 0.2) is 0 Å². The molecule has 4 heterocycles. The zero-order chi connectivity index (χ0) is 44.7. The third-order valence-corrected chi connectivity index (χ3v) is 12.0. The lowest BCUT2D eigenvalue weighted by molar-refractivity contribution is -0.145. The molecule has 2 spiro atoms. The Morgan fingerprint density at radius 3 is 1.03 bits per heavy atom. The molecule has 8 nitrogen and oxygen atoms in total. The molecule has 4 N–H and O–H groups in total. The third-order valence-electron chi connectivity index (χ3n) is 12.0. The number of rotatable bonds is 8. The van der Waals surface area contributed by atoms with Crippen LogP contribution in [0.2, 0.25) is 0 Å². The molecule has 2 aromatic carbocycles. The minimum absolute atomic E-state index is 0.00953. The second-order valence-corrected chi connectivity index (χ2v) is 17.1. The Hall–Kier alpha value is -3.62. The van der Waals surface area contributed by atoms with Crippen LogP contribution in [0.5, 0.6) is 0 Å². The van der Waals surface area contributed by atoms with Gasteiger partial charge in [-0.3, -0.25) is 9.59 Å². The Morgan fingerprint density at radius 2 is 0.817 bits per heavy atom. The van der Waals surface area contributed by atoms with E-state index in [4.69, 9.17) is 9.47 Å². The summed E-state index contributed by atoms with van der Waals surface area (Å²) >= 11 is 0. The van der Waals surface area contributed by atoms with Gasteiger partial charge in [0, 0.05) is 37.0 Å². The van der Waals surface area contributed by atoms with E-state index >= 15 is 0 Å². The molecule has 4 fully saturated rings. The van der Waals surface area contributed by atoms with Crippen LogP contribution < -0.4 is 21.3 Å².